The molecule has 0 amide bonds. The summed E-state index contributed by atoms with van der Waals surface area (Å²) in [5, 5.41) is 0. The van der Waals surface area contributed by atoms with E-state index in [1.807, 2.05) is 16.3 Å². The first-order chi connectivity index (χ1) is 9.29. The molecule has 0 unspecified atom stereocenters. The summed E-state index contributed by atoms with van der Waals surface area (Å²) < 4.78 is 7.19. The molecule has 0 bridgehead atoms. The van der Waals surface area contributed by atoms with E-state index in [1.165, 1.54) is 30.7 Å². The van der Waals surface area contributed by atoms with Gasteiger partial charge in [-0.1, -0.05) is 0 Å². The summed E-state index contributed by atoms with van der Waals surface area (Å²) in [5.41, 5.74) is 7.43. The number of nitrogen functional groups attached to an aromatic ring is 1. The second-order valence-electron chi connectivity index (χ2n) is 4.69. The maximum absolute atomic E-state index is 6.02. The van der Waals surface area contributed by atoms with Crippen molar-refractivity contribution in [3.05, 3.63) is 6.33 Å². The monoisotopic (exact) mass is 279 g/mol. The maximum atomic E-state index is 6.02. The zero-order chi connectivity index (χ0) is 13.2. The van der Waals surface area contributed by atoms with Gasteiger partial charge in [-0.25, -0.2) is 9.97 Å². The van der Waals surface area contributed by atoms with Crippen molar-refractivity contribution in [3.8, 4) is 5.88 Å². The molecule has 2 aromatic heterocycles. The van der Waals surface area contributed by atoms with Gasteiger partial charge in [-0.2, -0.15) is 16.7 Å². The van der Waals surface area contributed by atoms with Crippen molar-refractivity contribution in [1.82, 2.24) is 19.5 Å². The Morgan fingerprint density at radius 1 is 1.42 bits per heavy atom. The second-order valence-corrected chi connectivity index (χ2v) is 5.92. The third kappa shape index (κ3) is 2.34. The Kier molecular flexibility index (Phi) is 3.46. The molecule has 1 fully saturated rings. The number of nitrogens with zero attached hydrogens (tertiary/aromatic N) is 4. The first kappa shape index (κ1) is 12.5. The molecular formula is C12H17N5OS. The van der Waals surface area contributed by atoms with Crippen molar-refractivity contribution in [2.24, 2.45) is 5.92 Å². The fourth-order valence-electron chi connectivity index (χ4n) is 2.45. The fourth-order valence-corrected chi connectivity index (χ4v) is 3.65. The van der Waals surface area contributed by atoms with E-state index in [0.29, 0.717) is 23.3 Å². The standard InChI is InChI=1S/C12H17N5OS/c1-18-11-9-10(14-7-15-11)17(12(13)16-9)6-8-2-4-19-5-3-8/h7-8H,2-6H2,1H3,(H2,13,16). The summed E-state index contributed by atoms with van der Waals surface area (Å²) >= 11 is 2.02. The van der Waals surface area contributed by atoms with Crippen molar-refractivity contribution < 1.29 is 4.74 Å². The van der Waals surface area contributed by atoms with E-state index in [2.05, 4.69) is 15.0 Å². The molecule has 1 aliphatic rings. The van der Waals surface area contributed by atoms with E-state index in [-0.39, 0.29) is 0 Å². The van der Waals surface area contributed by atoms with Crippen LogP contribution in [0.5, 0.6) is 5.88 Å². The zero-order valence-electron chi connectivity index (χ0n) is 10.9. The lowest BCUT2D eigenvalue weighted by Gasteiger charge is -2.22. The van der Waals surface area contributed by atoms with Crippen molar-refractivity contribution in [3.63, 3.8) is 0 Å². The molecule has 6 nitrogen and oxygen atoms in total. The van der Waals surface area contributed by atoms with Gasteiger partial charge in [0, 0.05) is 6.54 Å². The number of methoxy groups -OCH3 is 1. The van der Waals surface area contributed by atoms with Gasteiger partial charge in [-0.3, -0.25) is 4.57 Å². The molecule has 0 aliphatic carbocycles. The molecule has 3 rings (SSSR count). The Labute approximate surface area is 115 Å². The van der Waals surface area contributed by atoms with Crippen molar-refractivity contribution >= 4 is 28.9 Å². The highest BCUT2D eigenvalue weighted by Crippen LogP contribution is 2.28. The molecule has 2 aromatic rings. The number of fused-ring (bicyclic) bond motifs is 1. The number of aromatic nitrogens is 4. The van der Waals surface area contributed by atoms with E-state index in [0.717, 1.165) is 12.2 Å². The normalized spacial score (nSPS) is 16.9. The maximum Gasteiger partial charge on any atom is 0.245 e. The molecular weight excluding hydrogens is 262 g/mol. The van der Waals surface area contributed by atoms with Gasteiger partial charge in [0.2, 0.25) is 11.8 Å². The lowest BCUT2D eigenvalue weighted by Crippen LogP contribution is -2.17. The molecule has 102 valence electrons. The fraction of sp³-hybridized carbons (Fsp3) is 0.583. The molecule has 19 heavy (non-hydrogen) atoms. The van der Waals surface area contributed by atoms with Crippen LogP contribution < -0.4 is 10.5 Å². The van der Waals surface area contributed by atoms with Gasteiger partial charge >= 0.3 is 0 Å². The van der Waals surface area contributed by atoms with Crippen LogP contribution in [0.3, 0.4) is 0 Å². The van der Waals surface area contributed by atoms with Crippen LogP contribution in [0.25, 0.3) is 11.2 Å². The van der Waals surface area contributed by atoms with Gasteiger partial charge in [-0.05, 0) is 30.3 Å². The summed E-state index contributed by atoms with van der Waals surface area (Å²) in [7, 11) is 1.58. The summed E-state index contributed by atoms with van der Waals surface area (Å²) in [6.07, 6.45) is 3.95. The lowest BCUT2D eigenvalue weighted by atomic mass is 10.0. The first-order valence-corrected chi connectivity index (χ1v) is 7.53. The Balaban J connectivity index is 1.96. The first-order valence-electron chi connectivity index (χ1n) is 6.38. The molecule has 0 radical (unpaired) electrons. The summed E-state index contributed by atoms with van der Waals surface area (Å²) in [6.45, 7) is 0.878. The molecule has 0 atom stereocenters. The average Bonchev–Trinajstić information content (AvgIpc) is 2.76. The Morgan fingerprint density at radius 2 is 2.21 bits per heavy atom. The van der Waals surface area contributed by atoms with Crippen LogP contribution in [0.2, 0.25) is 0 Å². The van der Waals surface area contributed by atoms with Gasteiger partial charge < -0.3 is 10.5 Å². The smallest absolute Gasteiger partial charge is 0.245 e. The van der Waals surface area contributed by atoms with Crippen molar-refractivity contribution in [1.29, 1.82) is 0 Å². The van der Waals surface area contributed by atoms with Gasteiger partial charge in [0.1, 0.15) is 6.33 Å². The number of hydrogen-bond donors (Lipinski definition) is 1. The number of imidazole rings is 1. The van der Waals surface area contributed by atoms with Crippen molar-refractivity contribution in [2.45, 2.75) is 19.4 Å². The van der Waals surface area contributed by atoms with E-state index in [1.54, 1.807) is 7.11 Å². The van der Waals surface area contributed by atoms with Crippen LogP contribution in [0.1, 0.15) is 12.8 Å². The summed E-state index contributed by atoms with van der Waals surface area (Å²) in [5.74, 6) is 4.09. The number of ether oxygens (including phenoxy) is 1. The van der Waals surface area contributed by atoms with E-state index in [9.17, 15) is 0 Å². The van der Waals surface area contributed by atoms with Crippen LogP contribution in [-0.4, -0.2) is 38.1 Å². The number of anilines is 1. The third-order valence-corrected chi connectivity index (χ3v) is 4.55. The molecule has 0 aromatic carbocycles. The number of nitrogens with two attached hydrogens (primary N) is 1. The second kappa shape index (κ2) is 5.24. The summed E-state index contributed by atoms with van der Waals surface area (Å²) in [4.78, 5) is 12.7. The minimum atomic E-state index is 0.481. The molecule has 3 heterocycles. The van der Waals surface area contributed by atoms with Gasteiger partial charge in [-0.15, -0.1) is 0 Å². The van der Waals surface area contributed by atoms with E-state index >= 15 is 0 Å². The molecule has 2 N–H and O–H groups in total. The van der Waals surface area contributed by atoms with Crippen LogP contribution in [0.15, 0.2) is 6.33 Å². The highest BCUT2D eigenvalue weighted by molar-refractivity contribution is 7.99. The van der Waals surface area contributed by atoms with Crippen LogP contribution >= 0.6 is 11.8 Å². The van der Waals surface area contributed by atoms with Gasteiger partial charge in [0.25, 0.3) is 0 Å². The Morgan fingerprint density at radius 3 is 2.95 bits per heavy atom. The number of hydrogen-bond acceptors (Lipinski definition) is 6. The largest absolute Gasteiger partial charge is 0.479 e. The highest BCUT2D eigenvalue weighted by atomic mass is 32.2. The van der Waals surface area contributed by atoms with Crippen LogP contribution in [0.4, 0.5) is 5.95 Å². The third-order valence-electron chi connectivity index (χ3n) is 3.50. The van der Waals surface area contributed by atoms with Crippen molar-refractivity contribution in [2.75, 3.05) is 24.3 Å². The Bertz CT molecular complexity index is 579. The predicted octanol–water partition coefficient (Wildman–Crippen LogP) is 1.56. The van der Waals surface area contributed by atoms with E-state index in [4.69, 9.17) is 10.5 Å². The van der Waals surface area contributed by atoms with E-state index < -0.39 is 0 Å². The van der Waals surface area contributed by atoms with Crippen LogP contribution in [0, 0.1) is 5.92 Å². The number of rotatable bonds is 3. The number of thioether (sulfide) groups is 1. The molecule has 1 aliphatic heterocycles. The predicted molar refractivity (Wildman–Crippen MR) is 76.3 cm³/mol. The highest BCUT2D eigenvalue weighted by Gasteiger charge is 2.19. The average molecular weight is 279 g/mol. The summed E-state index contributed by atoms with van der Waals surface area (Å²) in [6, 6.07) is 0. The SMILES string of the molecule is COc1ncnc2c1nc(N)n2CC1CCSCC1. The minimum Gasteiger partial charge on any atom is -0.479 e. The van der Waals surface area contributed by atoms with Gasteiger partial charge in [0.05, 0.1) is 7.11 Å². The minimum absolute atomic E-state index is 0.481. The molecule has 1 saturated heterocycles. The topological polar surface area (TPSA) is 78.8 Å². The molecule has 0 spiro atoms. The molecule has 0 saturated carbocycles. The quantitative estimate of drug-likeness (QED) is 0.918. The van der Waals surface area contributed by atoms with Crippen LogP contribution in [-0.2, 0) is 6.54 Å². The zero-order valence-corrected chi connectivity index (χ0v) is 11.7. The van der Waals surface area contributed by atoms with Gasteiger partial charge in [0.15, 0.2) is 11.2 Å². The Hall–Kier alpha value is -1.50. The lowest BCUT2D eigenvalue weighted by molar-refractivity contribution is 0.401. The molecule has 7 heteroatoms.